The van der Waals surface area contributed by atoms with Crippen LogP contribution >= 0.6 is 0 Å². The molecule has 0 fully saturated rings. The Labute approximate surface area is 61.6 Å². The molecule has 0 saturated carbocycles. The lowest BCUT2D eigenvalue weighted by Crippen LogP contribution is -2.05. The summed E-state index contributed by atoms with van der Waals surface area (Å²) in [5, 5.41) is 18.5. The zero-order chi connectivity index (χ0) is 8.24. The molecule has 0 bridgehead atoms. The number of nitriles is 1. The molecule has 10 heavy (non-hydrogen) atoms. The van der Waals surface area contributed by atoms with Crippen molar-refractivity contribution in [3.63, 3.8) is 0 Å². The van der Waals surface area contributed by atoms with E-state index in [0.29, 0.717) is 13.0 Å². The van der Waals surface area contributed by atoms with Gasteiger partial charge in [-0.05, 0) is 7.05 Å². The first kappa shape index (κ1) is 12.1. The number of aliphatic hydroxyl groups excluding tert-OH is 1. The summed E-state index contributed by atoms with van der Waals surface area (Å²) in [6, 6.07) is 2.01. The molecule has 0 spiro atoms. The van der Waals surface area contributed by atoms with Gasteiger partial charge in [-0.15, -0.1) is 0 Å². The van der Waals surface area contributed by atoms with Gasteiger partial charge in [0.15, 0.2) is 0 Å². The summed E-state index contributed by atoms with van der Waals surface area (Å²) >= 11 is 0. The van der Waals surface area contributed by atoms with Gasteiger partial charge in [-0.2, -0.15) is 5.26 Å². The number of nitrogens with zero attached hydrogens (tertiary/aromatic N) is 1. The van der Waals surface area contributed by atoms with Gasteiger partial charge in [0.2, 0.25) is 0 Å². The molecule has 60 valence electrons. The van der Waals surface area contributed by atoms with Crippen LogP contribution in [-0.4, -0.2) is 31.9 Å². The Morgan fingerprint density at radius 3 is 2.30 bits per heavy atom. The largest absolute Gasteiger partial charge is 0.395 e. The lowest BCUT2D eigenvalue weighted by Gasteiger charge is -1.82. The third-order valence-corrected chi connectivity index (χ3v) is 0.616. The molecule has 0 aromatic heterocycles. The summed E-state index contributed by atoms with van der Waals surface area (Å²) < 4.78 is 0. The highest BCUT2D eigenvalue weighted by Gasteiger charge is 1.71. The zero-order valence-corrected chi connectivity index (χ0v) is 6.30. The van der Waals surface area contributed by atoms with Crippen LogP contribution in [0.1, 0.15) is 6.42 Å². The molecule has 0 aromatic rings. The molecule has 0 aliphatic heterocycles. The predicted octanol–water partition coefficient (Wildman–Crippen LogP) is -0.943. The van der Waals surface area contributed by atoms with Crippen molar-refractivity contribution in [1.82, 2.24) is 5.32 Å². The average molecular weight is 145 g/mol. The molecule has 4 N–H and O–H groups in total. The van der Waals surface area contributed by atoms with E-state index in [4.69, 9.17) is 16.1 Å². The highest BCUT2D eigenvalue weighted by Crippen LogP contribution is 1.63. The minimum absolute atomic E-state index is 0.0972. The van der Waals surface area contributed by atoms with E-state index in [9.17, 15) is 0 Å². The maximum Gasteiger partial charge on any atom is 0.0635 e. The van der Waals surface area contributed by atoms with Gasteiger partial charge in [0.25, 0.3) is 0 Å². The Morgan fingerprint density at radius 2 is 2.20 bits per heavy atom. The van der Waals surface area contributed by atoms with E-state index in [-0.39, 0.29) is 6.61 Å². The summed E-state index contributed by atoms with van der Waals surface area (Å²) in [4.78, 5) is 0. The quantitative estimate of drug-likeness (QED) is 0.447. The SMILES string of the molecule is CNCCC#N.NCCO. The Balaban J connectivity index is 0. The van der Waals surface area contributed by atoms with Crippen LogP contribution in [0.2, 0.25) is 0 Å². The Kier molecular flexibility index (Phi) is 19.1. The number of nitrogens with two attached hydrogens (primary N) is 1. The van der Waals surface area contributed by atoms with Crippen molar-refractivity contribution in [3.8, 4) is 6.07 Å². The van der Waals surface area contributed by atoms with Gasteiger partial charge in [-0.25, -0.2) is 0 Å². The first-order chi connectivity index (χ1) is 4.83. The maximum atomic E-state index is 7.91. The van der Waals surface area contributed by atoms with Crippen LogP contribution in [0, 0.1) is 11.3 Å². The normalized spacial score (nSPS) is 7.40. The Bertz CT molecular complexity index is 77.6. The fourth-order valence-electron chi connectivity index (χ4n) is 0.181. The molecule has 0 aromatic carbocycles. The monoisotopic (exact) mass is 145 g/mol. The second-order valence-electron chi connectivity index (χ2n) is 1.52. The molecular weight excluding hydrogens is 130 g/mol. The number of aliphatic hydroxyl groups is 1. The molecule has 4 heteroatoms. The van der Waals surface area contributed by atoms with Crippen LogP contribution in [0.5, 0.6) is 0 Å². The zero-order valence-electron chi connectivity index (χ0n) is 6.30. The van der Waals surface area contributed by atoms with E-state index in [1.165, 1.54) is 0 Å². The molecule has 0 aliphatic rings. The van der Waals surface area contributed by atoms with Crippen LogP contribution in [0.3, 0.4) is 0 Å². The van der Waals surface area contributed by atoms with Gasteiger partial charge in [-0.1, -0.05) is 0 Å². The van der Waals surface area contributed by atoms with Crippen molar-refractivity contribution < 1.29 is 5.11 Å². The highest BCUT2D eigenvalue weighted by atomic mass is 16.3. The first-order valence-electron chi connectivity index (χ1n) is 3.16. The summed E-state index contributed by atoms with van der Waals surface area (Å²) in [6.07, 6.45) is 0.608. The molecular formula is C6H15N3O. The third-order valence-electron chi connectivity index (χ3n) is 0.616. The van der Waals surface area contributed by atoms with Crippen LogP contribution in [0.4, 0.5) is 0 Å². The molecule has 0 atom stereocenters. The molecule has 0 radical (unpaired) electrons. The van der Waals surface area contributed by atoms with Crippen LogP contribution in [-0.2, 0) is 0 Å². The summed E-state index contributed by atoms with van der Waals surface area (Å²) in [5.41, 5.74) is 4.78. The lowest BCUT2D eigenvalue weighted by atomic mass is 10.5. The van der Waals surface area contributed by atoms with Gasteiger partial charge >= 0.3 is 0 Å². The first-order valence-corrected chi connectivity index (χ1v) is 3.16. The number of rotatable bonds is 3. The second-order valence-corrected chi connectivity index (χ2v) is 1.52. The van der Waals surface area contributed by atoms with Crippen molar-refractivity contribution in [1.29, 1.82) is 5.26 Å². The van der Waals surface area contributed by atoms with E-state index >= 15 is 0 Å². The molecule has 0 saturated heterocycles. The van der Waals surface area contributed by atoms with E-state index in [2.05, 4.69) is 5.32 Å². The Hall–Kier alpha value is -0.630. The minimum Gasteiger partial charge on any atom is -0.395 e. The van der Waals surface area contributed by atoms with E-state index in [1.807, 2.05) is 13.1 Å². The predicted molar refractivity (Wildman–Crippen MR) is 40.3 cm³/mol. The van der Waals surface area contributed by atoms with Crippen molar-refractivity contribution in [2.24, 2.45) is 5.73 Å². The maximum absolute atomic E-state index is 7.91. The number of hydrogen-bond donors (Lipinski definition) is 3. The van der Waals surface area contributed by atoms with Gasteiger partial charge in [0.05, 0.1) is 12.7 Å². The molecule has 0 aliphatic carbocycles. The van der Waals surface area contributed by atoms with E-state index < -0.39 is 0 Å². The summed E-state index contributed by atoms with van der Waals surface area (Å²) in [6.45, 7) is 1.27. The summed E-state index contributed by atoms with van der Waals surface area (Å²) in [7, 11) is 1.83. The minimum atomic E-state index is 0.0972. The number of hydrogen-bond acceptors (Lipinski definition) is 4. The van der Waals surface area contributed by atoms with Crippen molar-refractivity contribution in [3.05, 3.63) is 0 Å². The van der Waals surface area contributed by atoms with E-state index in [0.717, 1.165) is 6.54 Å². The topological polar surface area (TPSA) is 82.1 Å². The molecule has 0 rings (SSSR count). The van der Waals surface area contributed by atoms with Gasteiger partial charge in [0, 0.05) is 19.5 Å². The summed E-state index contributed by atoms with van der Waals surface area (Å²) in [5.74, 6) is 0. The molecule has 0 unspecified atom stereocenters. The van der Waals surface area contributed by atoms with Crippen molar-refractivity contribution in [2.75, 3.05) is 26.7 Å². The molecule has 0 amide bonds. The lowest BCUT2D eigenvalue weighted by molar-refractivity contribution is 0.306. The van der Waals surface area contributed by atoms with Crippen molar-refractivity contribution in [2.45, 2.75) is 6.42 Å². The van der Waals surface area contributed by atoms with Crippen LogP contribution < -0.4 is 11.1 Å². The molecule has 4 nitrogen and oxygen atoms in total. The van der Waals surface area contributed by atoms with Gasteiger partial charge < -0.3 is 16.2 Å². The van der Waals surface area contributed by atoms with Gasteiger partial charge in [-0.3, -0.25) is 0 Å². The Morgan fingerprint density at radius 1 is 1.70 bits per heavy atom. The third kappa shape index (κ3) is 26.3. The fourth-order valence-corrected chi connectivity index (χ4v) is 0.181. The fraction of sp³-hybridized carbons (Fsp3) is 0.833. The number of nitrogens with one attached hydrogen (secondary N) is 1. The standard InChI is InChI=1S/C4H8N2.C2H7NO/c1-6-4-2-3-5;3-1-2-4/h6H,2,4H2,1H3;4H,1-3H2. The molecule has 0 heterocycles. The van der Waals surface area contributed by atoms with Gasteiger partial charge in [0.1, 0.15) is 0 Å². The smallest absolute Gasteiger partial charge is 0.0635 e. The van der Waals surface area contributed by atoms with Crippen LogP contribution in [0.25, 0.3) is 0 Å². The highest BCUT2D eigenvalue weighted by molar-refractivity contribution is 4.68. The van der Waals surface area contributed by atoms with E-state index in [1.54, 1.807) is 0 Å². The second kappa shape index (κ2) is 15.8. The average Bonchev–Trinajstić information content (AvgIpc) is 2.01. The van der Waals surface area contributed by atoms with Crippen LogP contribution in [0.15, 0.2) is 0 Å². The van der Waals surface area contributed by atoms with Crippen molar-refractivity contribution >= 4 is 0 Å².